The van der Waals surface area contributed by atoms with Gasteiger partial charge in [-0.2, -0.15) is 5.10 Å². The van der Waals surface area contributed by atoms with Gasteiger partial charge < -0.3 is 10.6 Å². The highest BCUT2D eigenvalue weighted by Gasteiger charge is 2.30. The monoisotopic (exact) mass is 446 g/mol. The summed E-state index contributed by atoms with van der Waals surface area (Å²) in [6.45, 7) is 4.26. The molecule has 2 aliphatic rings. The van der Waals surface area contributed by atoms with E-state index in [0.29, 0.717) is 6.04 Å². The molecule has 2 heterocycles. The molecule has 1 aromatic heterocycles. The van der Waals surface area contributed by atoms with Crippen molar-refractivity contribution in [2.24, 2.45) is 4.99 Å². The van der Waals surface area contributed by atoms with Gasteiger partial charge in [-0.05, 0) is 31.7 Å². The van der Waals surface area contributed by atoms with E-state index in [9.17, 15) is 0 Å². The Morgan fingerprint density at radius 3 is 2.83 bits per heavy atom. The molecule has 0 amide bonds. The molecule has 1 saturated heterocycles. The van der Waals surface area contributed by atoms with Gasteiger partial charge in [0.05, 0.1) is 0 Å². The molecule has 1 aromatic rings. The van der Waals surface area contributed by atoms with Gasteiger partial charge in [-0.1, -0.05) is 12.8 Å². The number of nitrogens with one attached hydrogen (secondary N) is 2. The number of aryl methyl sites for hydroxylation is 1. The van der Waals surface area contributed by atoms with Crippen molar-refractivity contribution >= 4 is 29.9 Å². The molecule has 1 aliphatic heterocycles. The van der Waals surface area contributed by atoms with Crippen LogP contribution in [-0.2, 0) is 6.54 Å². The summed E-state index contributed by atoms with van der Waals surface area (Å²) >= 11 is 0. The van der Waals surface area contributed by atoms with Crippen molar-refractivity contribution in [1.29, 1.82) is 0 Å². The fraction of sp³-hybridized carbons (Fsp3) is 0.765. The molecule has 6 nitrogen and oxygen atoms in total. The summed E-state index contributed by atoms with van der Waals surface area (Å²) in [5.41, 5.74) is 0. The first-order valence-corrected chi connectivity index (χ1v) is 9.04. The van der Waals surface area contributed by atoms with Crippen LogP contribution in [0.3, 0.4) is 0 Å². The largest absolute Gasteiger partial charge is 0.356 e. The second-order valence-corrected chi connectivity index (χ2v) is 6.68. The van der Waals surface area contributed by atoms with E-state index in [1.165, 1.54) is 45.2 Å². The van der Waals surface area contributed by atoms with E-state index in [4.69, 9.17) is 0 Å². The second-order valence-electron chi connectivity index (χ2n) is 6.68. The number of aliphatic imine (C=N–C) groups is 1. The van der Waals surface area contributed by atoms with Gasteiger partial charge in [0.15, 0.2) is 5.96 Å². The summed E-state index contributed by atoms with van der Waals surface area (Å²) in [6, 6.07) is 3.34. The molecule has 1 unspecified atom stereocenters. The zero-order chi connectivity index (χ0) is 15.9. The van der Waals surface area contributed by atoms with Crippen molar-refractivity contribution in [2.45, 2.75) is 57.2 Å². The van der Waals surface area contributed by atoms with Crippen molar-refractivity contribution in [1.82, 2.24) is 25.3 Å². The maximum Gasteiger partial charge on any atom is 0.191 e. The Morgan fingerprint density at radius 2 is 2.12 bits per heavy atom. The van der Waals surface area contributed by atoms with Crippen molar-refractivity contribution in [3.8, 4) is 0 Å². The Labute approximate surface area is 162 Å². The quantitative estimate of drug-likeness (QED) is 0.304. The van der Waals surface area contributed by atoms with Crippen LogP contribution in [0.15, 0.2) is 23.5 Å². The van der Waals surface area contributed by atoms with Crippen molar-refractivity contribution in [2.75, 3.05) is 26.7 Å². The predicted octanol–water partition coefficient (Wildman–Crippen LogP) is 2.07. The standard InChI is InChI=1S/C17H30N6.HI/c1-18-17(19-9-4-11-23-12-5-10-20-23)21-15-8-13-22(14-15)16-6-2-3-7-16;/h5,10,12,15-16H,2-4,6-9,11,13-14H2,1H3,(H2,18,19,21);1H. The molecule has 136 valence electrons. The Kier molecular flexibility index (Phi) is 8.31. The van der Waals surface area contributed by atoms with Gasteiger partial charge in [0.1, 0.15) is 0 Å². The first-order chi connectivity index (χ1) is 11.3. The topological polar surface area (TPSA) is 57.5 Å². The number of hydrogen-bond donors (Lipinski definition) is 2. The lowest BCUT2D eigenvalue weighted by atomic mass is 10.2. The molecule has 2 N–H and O–H groups in total. The Morgan fingerprint density at radius 1 is 1.29 bits per heavy atom. The van der Waals surface area contributed by atoms with E-state index in [-0.39, 0.29) is 24.0 Å². The summed E-state index contributed by atoms with van der Waals surface area (Å²) in [7, 11) is 1.85. The lowest BCUT2D eigenvalue weighted by Crippen LogP contribution is -2.45. The molecule has 24 heavy (non-hydrogen) atoms. The second kappa shape index (κ2) is 10.2. The van der Waals surface area contributed by atoms with E-state index >= 15 is 0 Å². The van der Waals surface area contributed by atoms with Gasteiger partial charge in [0.25, 0.3) is 0 Å². The summed E-state index contributed by atoms with van der Waals surface area (Å²) < 4.78 is 1.97. The highest BCUT2D eigenvalue weighted by Crippen LogP contribution is 2.26. The van der Waals surface area contributed by atoms with Crippen LogP contribution in [0.25, 0.3) is 0 Å². The molecule has 1 saturated carbocycles. The fourth-order valence-electron chi connectivity index (χ4n) is 3.77. The lowest BCUT2D eigenvalue weighted by Gasteiger charge is -2.24. The molecule has 7 heteroatoms. The van der Waals surface area contributed by atoms with Crippen LogP contribution in [0.2, 0.25) is 0 Å². The smallest absolute Gasteiger partial charge is 0.191 e. The zero-order valence-corrected chi connectivity index (χ0v) is 17.0. The molecule has 0 spiro atoms. The average Bonchev–Trinajstić information content (AvgIpc) is 3.32. The summed E-state index contributed by atoms with van der Waals surface area (Å²) in [5, 5.41) is 11.2. The molecule has 1 atom stereocenters. The van der Waals surface area contributed by atoms with Crippen molar-refractivity contribution in [3.05, 3.63) is 18.5 Å². The van der Waals surface area contributed by atoms with Gasteiger partial charge in [0.2, 0.25) is 0 Å². The van der Waals surface area contributed by atoms with Crippen molar-refractivity contribution in [3.63, 3.8) is 0 Å². The predicted molar refractivity (Wildman–Crippen MR) is 109 cm³/mol. The number of hydrogen-bond acceptors (Lipinski definition) is 3. The van der Waals surface area contributed by atoms with Crippen LogP contribution in [-0.4, -0.2) is 59.4 Å². The van der Waals surface area contributed by atoms with E-state index in [2.05, 4.69) is 25.6 Å². The molecule has 0 bridgehead atoms. The highest BCUT2D eigenvalue weighted by molar-refractivity contribution is 14.0. The van der Waals surface area contributed by atoms with Gasteiger partial charge in [-0.25, -0.2) is 0 Å². The Hall–Kier alpha value is -0.830. The summed E-state index contributed by atoms with van der Waals surface area (Å²) in [5.74, 6) is 0.934. The molecule has 0 aromatic carbocycles. The molecule has 0 radical (unpaired) electrons. The number of likely N-dealkylation sites (tertiary alicyclic amines) is 1. The number of guanidine groups is 1. The third kappa shape index (κ3) is 5.61. The third-order valence-electron chi connectivity index (χ3n) is 5.04. The van der Waals surface area contributed by atoms with Gasteiger partial charge >= 0.3 is 0 Å². The van der Waals surface area contributed by atoms with E-state index < -0.39 is 0 Å². The fourth-order valence-corrected chi connectivity index (χ4v) is 3.77. The number of nitrogens with zero attached hydrogens (tertiary/aromatic N) is 4. The van der Waals surface area contributed by atoms with Crippen LogP contribution in [0.4, 0.5) is 0 Å². The maximum absolute atomic E-state index is 4.36. The SMILES string of the molecule is CN=C(NCCCn1cccn1)NC1CCN(C2CCCC2)C1.I. The summed E-state index contributed by atoms with van der Waals surface area (Å²) in [4.78, 5) is 7.04. The number of aromatic nitrogens is 2. The zero-order valence-electron chi connectivity index (χ0n) is 14.7. The average molecular weight is 446 g/mol. The van der Waals surface area contributed by atoms with Gasteiger partial charge in [-0.3, -0.25) is 14.6 Å². The number of rotatable bonds is 6. The minimum atomic E-state index is 0. The van der Waals surface area contributed by atoms with E-state index in [1.54, 1.807) is 0 Å². The minimum absolute atomic E-state index is 0. The van der Waals surface area contributed by atoms with Crippen LogP contribution in [0.1, 0.15) is 38.5 Å². The van der Waals surface area contributed by atoms with Crippen LogP contribution in [0, 0.1) is 0 Å². The Balaban J connectivity index is 0.00000208. The first-order valence-electron chi connectivity index (χ1n) is 9.04. The molecule has 2 fully saturated rings. The molecular formula is C17H31IN6. The third-order valence-corrected chi connectivity index (χ3v) is 5.04. The maximum atomic E-state index is 4.36. The highest BCUT2D eigenvalue weighted by atomic mass is 127. The van der Waals surface area contributed by atoms with Gasteiger partial charge in [0, 0.05) is 57.7 Å². The van der Waals surface area contributed by atoms with Crippen molar-refractivity contribution < 1.29 is 0 Å². The van der Waals surface area contributed by atoms with E-state index in [1.807, 2.05) is 30.2 Å². The molecular weight excluding hydrogens is 415 g/mol. The first kappa shape index (κ1) is 19.5. The van der Waals surface area contributed by atoms with Gasteiger partial charge in [-0.15, -0.1) is 24.0 Å². The Bertz CT molecular complexity index is 483. The van der Waals surface area contributed by atoms with E-state index in [0.717, 1.165) is 31.5 Å². The lowest BCUT2D eigenvalue weighted by molar-refractivity contribution is 0.242. The summed E-state index contributed by atoms with van der Waals surface area (Å²) in [6.07, 6.45) is 11.7. The molecule has 1 aliphatic carbocycles. The number of halogens is 1. The van der Waals surface area contributed by atoms with Crippen LogP contribution in [0.5, 0.6) is 0 Å². The normalized spacial score (nSPS) is 22.5. The van der Waals surface area contributed by atoms with Crippen LogP contribution < -0.4 is 10.6 Å². The molecule has 3 rings (SSSR count). The van der Waals surface area contributed by atoms with Crippen LogP contribution >= 0.6 is 24.0 Å². The minimum Gasteiger partial charge on any atom is -0.356 e.